The van der Waals surface area contributed by atoms with E-state index in [4.69, 9.17) is 9.47 Å². The Morgan fingerprint density at radius 1 is 1.33 bits per heavy atom. The van der Waals surface area contributed by atoms with Crippen molar-refractivity contribution in [1.29, 1.82) is 0 Å². The van der Waals surface area contributed by atoms with Crippen molar-refractivity contribution >= 4 is 15.9 Å². The minimum atomic E-state index is -0.278. The molecule has 2 rings (SSSR count). The van der Waals surface area contributed by atoms with Gasteiger partial charge >= 0.3 is 0 Å². The summed E-state index contributed by atoms with van der Waals surface area (Å²) in [4.78, 5) is 0. The summed E-state index contributed by atoms with van der Waals surface area (Å²) in [6.07, 6.45) is 1.86. The SMILES string of the molecule is Fc1ccc(Br)c(OC2CCOCC2)c1. The first kappa shape index (κ1) is 10.9. The van der Waals surface area contributed by atoms with E-state index >= 15 is 0 Å². The Balaban J connectivity index is 2.05. The fourth-order valence-electron chi connectivity index (χ4n) is 1.54. The van der Waals surface area contributed by atoms with Crippen LogP contribution in [0.3, 0.4) is 0 Å². The van der Waals surface area contributed by atoms with Crippen molar-refractivity contribution < 1.29 is 13.9 Å². The maximum Gasteiger partial charge on any atom is 0.136 e. The molecule has 0 saturated carbocycles. The van der Waals surface area contributed by atoms with Crippen LogP contribution in [0.2, 0.25) is 0 Å². The summed E-state index contributed by atoms with van der Waals surface area (Å²) < 4.78 is 24.7. The molecule has 0 spiro atoms. The normalized spacial score (nSPS) is 17.7. The second-order valence-corrected chi connectivity index (χ2v) is 4.36. The zero-order valence-electron chi connectivity index (χ0n) is 8.21. The summed E-state index contributed by atoms with van der Waals surface area (Å²) in [5.41, 5.74) is 0. The van der Waals surface area contributed by atoms with Crippen LogP contribution in [-0.4, -0.2) is 19.3 Å². The van der Waals surface area contributed by atoms with Crippen molar-refractivity contribution in [3.8, 4) is 5.75 Å². The average Bonchev–Trinajstić information content (AvgIpc) is 2.25. The van der Waals surface area contributed by atoms with E-state index in [9.17, 15) is 4.39 Å². The third-order valence-electron chi connectivity index (χ3n) is 2.36. The van der Waals surface area contributed by atoms with E-state index in [1.54, 1.807) is 6.07 Å². The van der Waals surface area contributed by atoms with E-state index in [0.717, 1.165) is 30.5 Å². The van der Waals surface area contributed by atoms with Gasteiger partial charge in [0.1, 0.15) is 17.7 Å². The standard InChI is InChI=1S/C11H12BrFO2/c12-10-2-1-8(13)7-11(10)15-9-3-5-14-6-4-9/h1-2,7,9H,3-6H2. The molecule has 0 unspecified atom stereocenters. The fourth-order valence-corrected chi connectivity index (χ4v) is 1.88. The van der Waals surface area contributed by atoms with Gasteiger partial charge in [-0.2, -0.15) is 0 Å². The highest BCUT2D eigenvalue weighted by Crippen LogP contribution is 2.28. The number of hydrogen-bond acceptors (Lipinski definition) is 2. The molecule has 15 heavy (non-hydrogen) atoms. The monoisotopic (exact) mass is 274 g/mol. The van der Waals surface area contributed by atoms with Crippen LogP contribution < -0.4 is 4.74 Å². The summed E-state index contributed by atoms with van der Waals surface area (Å²) in [5, 5.41) is 0. The van der Waals surface area contributed by atoms with Gasteiger partial charge in [0.15, 0.2) is 0 Å². The first-order chi connectivity index (χ1) is 7.25. The van der Waals surface area contributed by atoms with Crippen molar-refractivity contribution in [3.05, 3.63) is 28.5 Å². The molecule has 1 fully saturated rings. The maximum absolute atomic E-state index is 13.0. The zero-order valence-corrected chi connectivity index (χ0v) is 9.80. The Kier molecular flexibility index (Phi) is 3.59. The van der Waals surface area contributed by atoms with Gasteiger partial charge in [-0.25, -0.2) is 4.39 Å². The quantitative estimate of drug-likeness (QED) is 0.825. The summed E-state index contributed by atoms with van der Waals surface area (Å²) >= 11 is 3.33. The van der Waals surface area contributed by atoms with Crippen LogP contribution in [0, 0.1) is 5.82 Å². The molecule has 0 aromatic heterocycles. The summed E-state index contributed by atoms with van der Waals surface area (Å²) in [7, 11) is 0. The van der Waals surface area contributed by atoms with Crippen LogP contribution in [-0.2, 0) is 4.74 Å². The van der Waals surface area contributed by atoms with Crippen molar-refractivity contribution in [2.75, 3.05) is 13.2 Å². The fraction of sp³-hybridized carbons (Fsp3) is 0.455. The molecule has 0 amide bonds. The van der Waals surface area contributed by atoms with Crippen molar-refractivity contribution in [3.63, 3.8) is 0 Å². The third-order valence-corrected chi connectivity index (χ3v) is 3.01. The van der Waals surface area contributed by atoms with E-state index in [0.29, 0.717) is 5.75 Å². The van der Waals surface area contributed by atoms with Gasteiger partial charge in [-0.3, -0.25) is 0 Å². The lowest BCUT2D eigenvalue weighted by molar-refractivity contribution is 0.0251. The van der Waals surface area contributed by atoms with Gasteiger partial charge in [0.2, 0.25) is 0 Å². The van der Waals surface area contributed by atoms with Crippen LogP contribution >= 0.6 is 15.9 Å². The van der Waals surface area contributed by atoms with Gasteiger partial charge in [0.25, 0.3) is 0 Å². The van der Waals surface area contributed by atoms with Crippen LogP contribution in [0.1, 0.15) is 12.8 Å². The van der Waals surface area contributed by atoms with E-state index in [-0.39, 0.29) is 11.9 Å². The number of ether oxygens (including phenoxy) is 2. The molecule has 1 aromatic carbocycles. The number of benzene rings is 1. The van der Waals surface area contributed by atoms with Crippen molar-refractivity contribution in [2.45, 2.75) is 18.9 Å². The molecular formula is C11H12BrFO2. The molecule has 0 radical (unpaired) electrons. The molecule has 1 saturated heterocycles. The van der Waals surface area contributed by atoms with Gasteiger partial charge < -0.3 is 9.47 Å². The molecule has 2 nitrogen and oxygen atoms in total. The lowest BCUT2D eigenvalue weighted by atomic mass is 10.1. The van der Waals surface area contributed by atoms with Crippen molar-refractivity contribution in [1.82, 2.24) is 0 Å². The average molecular weight is 275 g/mol. The molecule has 0 aliphatic carbocycles. The minimum Gasteiger partial charge on any atom is -0.489 e. The smallest absolute Gasteiger partial charge is 0.136 e. The minimum absolute atomic E-state index is 0.136. The highest BCUT2D eigenvalue weighted by molar-refractivity contribution is 9.10. The number of hydrogen-bond donors (Lipinski definition) is 0. The highest BCUT2D eigenvalue weighted by atomic mass is 79.9. The van der Waals surface area contributed by atoms with Gasteiger partial charge in [-0.1, -0.05) is 0 Å². The first-order valence-corrected chi connectivity index (χ1v) is 5.74. The zero-order chi connectivity index (χ0) is 10.7. The Bertz CT molecular complexity index is 337. The van der Waals surface area contributed by atoms with E-state index in [1.807, 2.05) is 0 Å². The topological polar surface area (TPSA) is 18.5 Å². The van der Waals surface area contributed by atoms with Crippen LogP contribution in [0.25, 0.3) is 0 Å². The molecular weight excluding hydrogens is 263 g/mol. The van der Waals surface area contributed by atoms with E-state index < -0.39 is 0 Å². The third kappa shape index (κ3) is 2.92. The van der Waals surface area contributed by atoms with Crippen LogP contribution in [0.4, 0.5) is 4.39 Å². The molecule has 1 heterocycles. The number of rotatable bonds is 2. The second kappa shape index (κ2) is 4.94. The summed E-state index contributed by atoms with van der Waals surface area (Å²) in [5.74, 6) is 0.294. The Labute approximate surface area is 96.5 Å². The van der Waals surface area contributed by atoms with Gasteiger partial charge in [0.05, 0.1) is 17.7 Å². The molecule has 1 aliphatic rings. The Morgan fingerprint density at radius 3 is 2.80 bits per heavy atom. The lowest BCUT2D eigenvalue weighted by Gasteiger charge is -2.23. The van der Waals surface area contributed by atoms with E-state index in [1.165, 1.54) is 12.1 Å². The predicted molar refractivity (Wildman–Crippen MR) is 58.6 cm³/mol. The Hall–Kier alpha value is -0.610. The van der Waals surface area contributed by atoms with Crippen LogP contribution in [0.15, 0.2) is 22.7 Å². The second-order valence-electron chi connectivity index (χ2n) is 3.50. The molecule has 1 aliphatic heterocycles. The summed E-state index contributed by atoms with van der Waals surface area (Å²) in [6, 6.07) is 4.46. The highest BCUT2D eigenvalue weighted by Gasteiger charge is 2.16. The number of halogens is 2. The Morgan fingerprint density at radius 2 is 2.07 bits per heavy atom. The molecule has 1 aromatic rings. The van der Waals surface area contributed by atoms with Crippen molar-refractivity contribution in [2.24, 2.45) is 0 Å². The van der Waals surface area contributed by atoms with Gasteiger partial charge in [-0.15, -0.1) is 0 Å². The molecule has 82 valence electrons. The molecule has 4 heteroatoms. The van der Waals surface area contributed by atoms with Crippen LogP contribution in [0.5, 0.6) is 5.75 Å². The first-order valence-electron chi connectivity index (χ1n) is 4.95. The predicted octanol–water partition coefficient (Wildman–Crippen LogP) is 3.15. The summed E-state index contributed by atoms with van der Waals surface area (Å²) in [6.45, 7) is 1.44. The van der Waals surface area contributed by atoms with E-state index in [2.05, 4.69) is 15.9 Å². The molecule has 0 N–H and O–H groups in total. The van der Waals surface area contributed by atoms with Gasteiger partial charge in [0, 0.05) is 18.9 Å². The molecule has 0 atom stereocenters. The maximum atomic E-state index is 13.0. The lowest BCUT2D eigenvalue weighted by Crippen LogP contribution is -2.26. The van der Waals surface area contributed by atoms with Gasteiger partial charge in [-0.05, 0) is 28.1 Å². The largest absolute Gasteiger partial charge is 0.489 e. The molecule has 0 bridgehead atoms.